The Bertz CT molecular complexity index is 269. The van der Waals surface area contributed by atoms with Gasteiger partial charge in [-0.3, -0.25) is 0 Å². The van der Waals surface area contributed by atoms with Crippen molar-refractivity contribution in [2.24, 2.45) is 0 Å². The normalized spacial score (nSPS) is 9.44. The predicted molar refractivity (Wildman–Crippen MR) is 33.8 cm³/mol. The van der Waals surface area contributed by atoms with Crippen LogP contribution in [0.2, 0.25) is 0 Å². The van der Waals surface area contributed by atoms with Gasteiger partial charge in [0.15, 0.2) is 10.6 Å². The Labute approximate surface area is 55.7 Å². The first-order valence-corrected chi connectivity index (χ1v) is 2.61. The lowest BCUT2D eigenvalue weighted by Crippen LogP contribution is -1.95. The van der Waals surface area contributed by atoms with E-state index in [9.17, 15) is 4.39 Å². The van der Waals surface area contributed by atoms with Crippen molar-refractivity contribution in [1.82, 2.24) is 9.97 Å². The molecule has 0 amide bonds. The highest BCUT2D eigenvalue weighted by molar-refractivity contribution is 7.71. The topological polar surface area (TPSA) is 54.7 Å². The molecule has 0 saturated heterocycles. The van der Waals surface area contributed by atoms with Crippen molar-refractivity contribution < 1.29 is 4.39 Å². The maximum atomic E-state index is 12.2. The van der Waals surface area contributed by atoms with Gasteiger partial charge in [0.1, 0.15) is 5.82 Å². The molecule has 48 valence electrons. The molecule has 0 aromatic carbocycles. The molecule has 3 N–H and O–H groups in total. The molecule has 0 radical (unpaired) electrons. The molecule has 0 aliphatic rings. The number of aromatic amines is 1. The Kier molecular flexibility index (Phi) is 1.44. The number of nitrogens with two attached hydrogens (primary N) is 1. The van der Waals surface area contributed by atoms with E-state index in [1.165, 1.54) is 0 Å². The van der Waals surface area contributed by atoms with E-state index >= 15 is 0 Å². The van der Waals surface area contributed by atoms with E-state index in [0.717, 1.165) is 6.20 Å². The molecule has 1 aromatic heterocycles. The number of nitrogens with zero attached hydrogens (tertiary/aromatic N) is 1. The van der Waals surface area contributed by atoms with E-state index in [4.69, 9.17) is 5.73 Å². The third-order valence-corrected chi connectivity index (χ3v) is 1.00. The van der Waals surface area contributed by atoms with Gasteiger partial charge >= 0.3 is 0 Å². The van der Waals surface area contributed by atoms with Crippen LogP contribution in [0.4, 0.5) is 10.2 Å². The molecule has 0 bridgehead atoms. The van der Waals surface area contributed by atoms with Crippen LogP contribution in [0, 0.1) is 10.6 Å². The molecule has 1 aromatic rings. The van der Waals surface area contributed by atoms with Crippen molar-refractivity contribution in [2.75, 3.05) is 5.73 Å². The number of anilines is 1. The highest BCUT2D eigenvalue weighted by Crippen LogP contribution is 2.00. The number of hydrogen-bond acceptors (Lipinski definition) is 3. The first kappa shape index (κ1) is 6.15. The van der Waals surface area contributed by atoms with E-state index in [2.05, 4.69) is 22.2 Å². The van der Waals surface area contributed by atoms with E-state index < -0.39 is 5.82 Å². The van der Waals surface area contributed by atoms with Gasteiger partial charge in [-0.05, 0) is 12.2 Å². The van der Waals surface area contributed by atoms with Gasteiger partial charge in [-0.1, -0.05) is 0 Å². The first-order valence-electron chi connectivity index (χ1n) is 2.20. The largest absolute Gasteiger partial charge is 0.383 e. The van der Waals surface area contributed by atoms with Crippen LogP contribution in [0.15, 0.2) is 6.20 Å². The van der Waals surface area contributed by atoms with Crippen LogP contribution in [-0.4, -0.2) is 9.97 Å². The van der Waals surface area contributed by atoms with Crippen LogP contribution in [-0.2, 0) is 0 Å². The summed E-state index contributed by atoms with van der Waals surface area (Å²) in [6.45, 7) is 0. The smallest absolute Gasteiger partial charge is 0.198 e. The number of nitrogen functional groups attached to an aromatic ring is 1. The van der Waals surface area contributed by atoms with Crippen LogP contribution in [0.25, 0.3) is 0 Å². The lowest BCUT2D eigenvalue weighted by atomic mass is 10.6. The van der Waals surface area contributed by atoms with Gasteiger partial charge in [0.05, 0.1) is 6.20 Å². The minimum atomic E-state index is -0.580. The molecule has 3 nitrogen and oxygen atoms in total. The predicted octanol–water partition coefficient (Wildman–Crippen LogP) is 0.860. The minimum absolute atomic E-state index is 0.0741. The second-order valence-electron chi connectivity index (χ2n) is 1.45. The minimum Gasteiger partial charge on any atom is -0.383 e. The van der Waals surface area contributed by atoms with Gasteiger partial charge in [-0.15, -0.1) is 0 Å². The van der Waals surface area contributed by atoms with Gasteiger partial charge < -0.3 is 10.7 Å². The van der Waals surface area contributed by atoms with Crippen molar-refractivity contribution in [1.29, 1.82) is 0 Å². The Hall–Kier alpha value is -0.970. The fourth-order valence-corrected chi connectivity index (χ4v) is 0.555. The summed E-state index contributed by atoms with van der Waals surface area (Å²) in [7, 11) is 0. The van der Waals surface area contributed by atoms with Gasteiger partial charge in [-0.2, -0.15) is 0 Å². The summed E-state index contributed by atoms with van der Waals surface area (Å²) >= 11 is 4.55. The number of H-pyrrole nitrogens is 1. The SMILES string of the molecule is Nc1[nH]c(=S)ncc1F. The monoisotopic (exact) mass is 145 g/mol. The molecular formula is C4H4FN3S. The number of rotatable bonds is 0. The Balaban J connectivity index is 3.34. The molecule has 0 aliphatic carbocycles. The van der Waals surface area contributed by atoms with E-state index in [-0.39, 0.29) is 10.6 Å². The lowest BCUT2D eigenvalue weighted by molar-refractivity contribution is 0.618. The second-order valence-corrected chi connectivity index (χ2v) is 1.84. The first-order chi connectivity index (χ1) is 4.20. The van der Waals surface area contributed by atoms with Crippen molar-refractivity contribution in [2.45, 2.75) is 0 Å². The highest BCUT2D eigenvalue weighted by Gasteiger charge is 1.93. The standard InChI is InChI=1S/C4H4FN3S/c5-2-1-7-4(9)8-3(2)6/h1H,(H3,6,7,8,9). The van der Waals surface area contributed by atoms with Gasteiger partial charge in [-0.25, -0.2) is 9.37 Å². The number of halogens is 1. The summed E-state index contributed by atoms with van der Waals surface area (Å²) in [5, 5.41) is 0. The van der Waals surface area contributed by atoms with Crippen molar-refractivity contribution >= 4 is 18.0 Å². The quantitative estimate of drug-likeness (QED) is 0.532. The molecule has 1 heterocycles. The molecule has 0 fully saturated rings. The second kappa shape index (κ2) is 2.10. The molecule has 0 aliphatic heterocycles. The summed E-state index contributed by atoms with van der Waals surface area (Å²) in [5.74, 6) is -0.654. The number of aromatic nitrogens is 2. The van der Waals surface area contributed by atoms with E-state index in [1.54, 1.807) is 0 Å². The molecule has 1 rings (SSSR count). The maximum Gasteiger partial charge on any atom is 0.198 e. The van der Waals surface area contributed by atoms with Crippen LogP contribution in [0.3, 0.4) is 0 Å². The lowest BCUT2D eigenvalue weighted by Gasteiger charge is -1.91. The molecule has 5 heteroatoms. The van der Waals surface area contributed by atoms with E-state index in [0.29, 0.717) is 0 Å². The third-order valence-electron chi connectivity index (χ3n) is 0.794. The fraction of sp³-hybridized carbons (Fsp3) is 0. The molecule has 0 spiro atoms. The number of nitrogens with one attached hydrogen (secondary N) is 1. The van der Waals surface area contributed by atoms with E-state index in [1.807, 2.05) is 0 Å². The average Bonchev–Trinajstić information content (AvgIpc) is 1.80. The van der Waals surface area contributed by atoms with Gasteiger partial charge in [0, 0.05) is 0 Å². The molecule has 9 heavy (non-hydrogen) atoms. The summed E-state index contributed by atoms with van der Waals surface area (Å²) in [4.78, 5) is 5.79. The zero-order valence-corrected chi connectivity index (χ0v) is 5.20. The van der Waals surface area contributed by atoms with Crippen LogP contribution in [0.1, 0.15) is 0 Å². The van der Waals surface area contributed by atoms with Gasteiger partial charge in [0.25, 0.3) is 0 Å². The molecule has 0 saturated carbocycles. The Morgan fingerprint density at radius 3 is 2.89 bits per heavy atom. The molecule has 0 unspecified atom stereocenters. The Morgan fingerprint density at radius 2 is 2.44 bits per heavy atom. The van der Waals surface area contributed by atoms with Crippen LogP contribution >= 0.6 is 12.2 Å². The third kappa shape index (κ3) is 1.23. The van der Waals surface area contributed by atoms with Crippen LogP contribution in [0.5, 0.6) is 0 Å². The van der Waals surface area contributed by atoms with Crippen LogP contribution < -0.4 is 5.73 Å². The van der Waals surface area contributed by atoms with Crippen molar-refractivity contribution in [3.05, 3.63) is 16.8 Å². The summed E-state index contributed by atoms with van der Waals surface area (Å²) in [5.41, 5.74) is 5.08. The maximum absolute atomic E-state index is 12.2. The summed E-state index contributed by atoms with van der Waals surface area (Å²) in [6, 6.07) is 0. The van der Waals surface area contributed by atoms with Crippen molar-refractivity contribution in [3.8, 4) is 0 Å². The number of hydrogen-bond donors (Lipinski definition) is 2. The molecule has 0 atom stereocenters. The zero-order valence-electron chi connectivity index (χ0n) is 4.39. The Morgan fingerprint density at radius 1 is 1.78 bits per heavy atom. The zero-order chi connectivity index (χ0) is 6.85. The summed E-state index contributed by atoms with van der Waals surface area (Å²) in [6.07, 6.45) is 0.980. The summed E-state index contributed by atoms with van der Waals surface area (Å²) < 4.78 is 12.4. The fourth-order valence-electron chi connectivity index (χ4n) is 0.392. The molecular weight excluding hydrogens is 141 g/mol. The average molecular weight is 145 g/mol. The van der Waals surface area contributed by atoms with Crippen molar-refractivity contribution in [3.63, 3.8) is 0 Å². The van der Waals surface area contributed by atoms with Gasteiger partial charge in [0.2, 0.25) is 0 Å². The highest BCUT2D eigenvalue weighted by atomic mass is 32.1.